The van der Waals surface area contributed by atoms with Crippen LogP contribution in [0.15, 0.2) is 22.7 Å². The zero-order chi connectivity index (χ0) is 16.1. The van der Waals surface area contributed by atoms with Gasteiger partial charge in [0.25, 0.3) is 0 Å². The number of halogens is 1. The van der Waals surface area contributed by atoms with Gasteiger partial charge in [-0.15, -0.1) is 0 Å². The summed E-state index contributed by atoms with van der Waals surface area (Å²) in [5.74, 6) is -0.0355. The average Bonchev–Trinajstić information content (AvgIpc) is 2.92. The number of benzene rings is 1. The molecule has 3 rings (SSSR count). The van der Waals surface area contributed by atoms with Crippen LogP contribution in [0.4, 0.5) is 10.5 Å². The highest BCUT2D eigenvalue weighted by Gasteiger charge is 2.52. The van der Waals surface area contributed by atoms with Crippen molar-refractivity contribution in [3.63, 3.8) is 0 Å². The van der Waals surface area contributed by atoms with Crippen LogP contribution in [-0.4, -0.2) is 35.6 Å². The molecular formula is C16H19BrN2O3. The summed E-state index contributed by atoms with van der Waals surface area (Å²) in [4.78, 5) is 26.4. The fourth-order valence-corrected chi connectivity index (χ4v) is 3.46. The molecule has 1 aromatic rings. The lowest BCUT2D eigenvalue weighted by atomic mass is 9.81. The molecule has 5 nitrogen and oxygen atoms in total. The number of fused-ring (bicyclic) bond motifs is 2. The maximum Gasteiger partial charge on any atom is 0.410 e. The van der Waals surface area contributed by atoms with Crippen LogP contribution in [0.1, 0.15) is 32.8 Å². The topological polar surface area (TPSA) is 58.6 Å². The van der Waals surface area contributed by atoms with Crippen molar-refractivity contribution in [2.45, 2.75) is 38.2 Å². The van der Waals surface area contributed by atoms with E-state index >= 15 is 0 Å². The summed E-state index contributed by atoms with van der Waals surface area (Å²) in [6.07, 6.45) is 0.259. The maximum atomic E-state index is 12.5. The molecule has 0 aliphatic carbocycles. The minimum atomic E-state index is -0.646. The largest absolute Gasteiger partial charge is 0.444 e. The summed E-state index contributed by atoms with van der Waals surface area (Å²) in [5, 5.41) is 2.93. The van der Waals surface area contributed by atoms with Gasteiger partial charge < -0.3 is 15.0 Å². The van der Waals surface area contributed by atoms with E-state index in [0.717, 1.165) is 15.7 Å². The molecule has 1 saturated heterocycles. The third kappa shape index (κ3) is 2.49. The summed E-state index contributed by atoms with van der Waals surface area (Å²) in [6.45, 7) is 6.41. The van der Waals surface area contributed by atoms with Crippen molar-refractivity contribution >= 4 is 33.6 Å². The van der Waals surface area contributed by atoms with Crippen LogP contribution < -0.4 is 5.32 Å². The van der Waals surface area contributed by atoms with E-state index in [4.69, 9.17) is 4.74 Å². The van der Waals surface area contributed by atoms with Gasteiger partial charge in [-0.05, 0) is 44.9 Å². The normalized spacial score (nSPS) is 23.6. The van der Waals surface area contributed by atoms with Crippen LogP contribution in [-0.2, 0) is 14.9 Å². The molecule has 2 aliphatic rings. The van der Waals surface area contributed by atoms with E-state index in [2.05, 4.69) is 21.2 Å². The molecule has 0 bridgehead atoms. The number of nitrogens with zero attached hydrogens (tertiary/aromatic N) is 1. The SMILES string of the molecule is CC(C)(C)OC(=O)N1CCC2(C1)C(=O)Nc1cc(Br)ccc12. The highest BCUT2D eigenvalue weighted by atomic mass is 79.9. The van der Waals surface area contributed by atoms with E-state index < -0.39 is 11.0 Å². The van der Waals surface area contributed by atoms with Crippen LogP contribution in [0.2, 0.25) is 0 Å². The van der Waals surface area contributed by atoms with Gasteiger partial charge in [-0.2, -0.15) is 0 Å². The van der Waals surface area contributed by atoms with E-state index in [0.29, 0.717) is 19.5 Å². The first-order valence-electron chi connectivity index (χ1n) is 7.31. The molecule has 1 unspecified atom stereocenters. The molecule has 0 radical (unpaired) electrons. The molecule has 2 amide bonds. The number of likely N-dealkylation sites (tertiary alicyclic amines) is 1. The Morgan fingerprint density at radius 2 is 2.14 bits per heavy atom. The molecule has 22 heavy (non-hydrogen) atoms. The van der Waals surface area contributed by atoms with E-state index in [1.807, 2.05) is 39.0 Å². The number of carbonyl (C=O) groups excluding carboxylic acids is 2. The quantitative estimate of drug-likeness (QED) is 0.766. The Balaban J connectivity index is 1.85. The first kappa shape index (κ1) is 15.3. The average molecular weight is 367 g/mol. The maximum absolute atomic E-state index is 12.5. The van der Waals surface area contributed by atoms with Gasteiger partial charge in [0.1, 0.15) is 5.60 Å². The Kier molecular flexibility index (Phi) is 3.47. The number of carbonyl (C=O) groups is 2. The van der Waals surface area contributed by atoms with Gasteiger partial charge in [-0.3, -0.25) is 4.79 Å². The number of ether oxygens (including phenoxy) is 1. The van der Waals surface area contributed by atoms with Crippen LogP contribution in [0.25, 0.3) is 0 Å². The lowest BCUT2D eigenvalue weighted by molar-refractivity contribution is -0.120. The lowest BCUT2D eigenvalue weighted by Gasteiger charge is -2.26. The first-order valence-corrected chi connectivity index (χ1v) is 8.10. The van der Waals surface area contributed by atoms with Gasteiger partial charge in [-0.25, -0.2) is 4.79 Å². The molecule has 0 aromatic heterocycles. The number of nitrogens with one attached hydrogen (secondary N) is 1. The first-order chi connectivity index (χ1) is 10.2. The zero-order valence-electron chi connectivity index (χ0n) is 12.9. The monoisotopic (exact) mass is 366 g/mol. The Morgan fingerprint density at radius 1 is 1.41 bits per heavy atom. The number of hydrogen-bond acceptors (Lipinski definition) is 3. The molecule has 1 fully saturated rings. The third-order valence-electron chi connectivity index (χ3n) is 4.10. The molecule has 2 aliphatic heterocycles. The fraction of sp³-hybridized carbons (Fsp3) is 0.500. The number of rotatable bonds is 0. The summed E-state index contributed by atoms with van der Waals surface area (Å²) in [7, 11) is 0. The summed E-state index contributed by atoms with van der Waals surface area (Å²) in [5.41, 5.74) is 0.609. The van der Waals surface area contributed by atoms with Crippen molar-refractivity contribution in [2.75, 3.05) is 18.4 Å². The van der Waals surface area contributed by atoms with Gasteiger partial charge in [0.05, 0.1) is 5.41 Å². The van der Waals surface area contributed by atoms with E-state index in [-0.39, 0.29) is 12.0 Å². The molecule has 1 atom stereocenters. The standard InChI is InChI=1S/C16H19BrN2O3/c1-15(2,3)22-14(21)19-7-6-16(9-19)11-5-4-10(17)8-12(11)18-13(16)20/h4-5,8H,6-7,9H2,1-3H3,(H,18,20). The number of anilines is 1. The van der Waals surface area contributed by atoms with Gasteiger partial charge in [0.2, 0.25) is 5.91 Å². The van der Waals surface area contributed by atoms with Crippen LogP contribution in [0.5, 0.6) is 0 Å². The Morgan fingerprint density at radius 3 is 2.82 bits per heavy atom. The van der Waals surface area contributed by atoms with Crippen LogP contribution in [0.3, 0.4) is 0 Å². The highest BCUT2D eigenvalue weighted by molar-refractivity contribution is 9.10. The molecule has 118 valence electrons. The summed E-state index contributed by atoms with van der Waals surface area (Å²) in [6, 6.07) is 5.78. The Bertz CT molecular complexity index is 653. The zero-order valence-corrected chi connectivity index (χ0v) is 14.5. The van der Waals surface area contributed by atoms with Crippen LogP contribution >= 0.6 is 15.9 Å². The second kappa shape index (κ2) is 4.98. The lowest BCUT2D eigenvalue weighted by Crippen LogP contribution is -2.41. The van der Waals surface area contributed by atoms with Crippen molar-refractivity contribution in [1.82, 2.24) is 4.90 Å². The van der Waals surface area contributed by atoms with E-state index in [9.17, 15) is 9.59 Å². The van der Waals surface area contributed by atoms with E-state index in [1.165, 1.54) is 0 Å². The fourth-order valence-electron chi connectivity index (χ4n) is 3.10. The van der Waals surface area contributed by atoms with Gasteiger partial charge in [-0.1, -0.05) is 22.0 Å². The van der Waals surface area contributed by atoms with Gasteiger partial charge in [0, 0.05) is 23.2 Å². The molecule has 1 aromatic carbocycles. The molecular weight excluding hydrogens is 348 g/mol. The third-order valence-corrected chi connectivity index (χ3v) is 4.59. The van der Waals surface area contributed by atoms with Crippen molar-refractivity contribution in [3.8, 4) is 0 Å². The second-order valence-electron chi connectivity index (χ2n) is 6.88. The van der Waals surface area contributed by atoms with E-state index in [1.54, 1.807) is 4.90 Å². The van der Waals surface area contributed by atoms with Crippen LogP contribution in [0, 0.1) is 0 Å². The highest BCUT2D eigenvalue weighted by Crippen LogP contribution is 2.45. The molecule has 6 heteroatoms. The predicted octanol–water partition coefficient (Wildman–Crippen LogP) is 3.28. The number of hydrogen-bond donors (Lipinski definition) is 1. The minimum absolute atomic E-state index is 0.0355. The van der Waals surface area contributed by atoms with Gasteiger partial charge in [0.15, 0.2) is 0 Å². The molecule has 1 spiro atoms. The second-order valence-corrected chi connectivity index (χ2v) is 7.79. The predicted molar refractivity (Wildman–Crippen MR) is 86.9 cm³/mol. The van der Waals surface area contributed by atoms with Crippen molar-refractivity contribution in [1.29, 1.82) is 0 Å². The summed E-state index contributed by atoms with van der Waals surface area (Å²) >= 11 is 3.41. The van der Waals surface area contributed by atoms with Gasteiger partial charge >= 0.3 is 6.09 Å². The molecule has 1 N–H and O–H groups in total. The minimum Gasteiger partial charge on any atom is -0.444 e. The van der Waals surface area contributed by atoms with Crippen molar-refractivity contribution in [2.24, 2.45) is 0 Å². The Labute approximate surface area is 138 Å². The molecule has 0 saturated carbocycles. The Hall–Kier alpha value is -1.56. The van der Waals surface area contributed by atoms with Crippen molar-refractivity contribution in [3.05, 3.63) is 28.2 Å². The smallest absolute Gasteiger partial charge is 0.410 e. The van der Waals surface area contributed by atoms with Crippen molar-refractivity contribution < 1.29 is 14.3 Å². The summed E-state index contributed by atoms with van der Waals surface area (Å²) < 4.78 is 6.34. The molecule has 2 heterocycles. The number of amides is 2.